The van der Waals surface area contributed by atoms with Gasteiger partial charge in [-0.05, 0) is 37.2 Å². The summed E-state index contributed by atoms with van der Waals surface area (Å²) >= 11 is 0. The highest BCUT2D eigenvalue weighted by Gasteiger charge is 2.13. The molecule has 1 heteroatoms. The van der Waals surface area contributed by atoms with E-state index in [1.807, 2.05) is 6.08 Å². The summed E-state index contributed by atoms with van der Waals surface area (Å²) in [5, 5.41) is 2.89. The highest BCUT2D eigenvalue weighted by atomic mass is 31.1. The summed E-state index contributed by atoms with van der Waals surface area (Å²) in [5.74, 6) is 0. The predicted octanol–water partition coefficient (Wildman–Crippen LogP) is 3.61. The lowest BCUT2D eigenvalue weighted by Crippen LogP contribution is -2.15. The second kappa shape index (κ2) is 5.80. The summed E-state index contributed by atoms with van der Waals surface area (Å²) in [6, 6.07) is 19.4. The molecule has 0 aromatic heterocycles. The van der Waals surface area contributed by atoms with Crippen LogP contribution in [0.25, 0.3) is 0 Å². The van der Waals surface area contributed by atoms with Crippen LogP contribution < -0.4 is 10.6 Å². The quantitative estimate of drug-likeness (QED) is 0.565. The second-order valence-corrected chi connectivity index (χ2v) is 6.24. The van der Waals surface area contributed by atoms with E-state index in [4.69, 9.17) is 0 Å². The van der Waals surface area contributed by atoms with E-state index < -0.39 is 0 Å². The van der Waals surface area contributed by atoms with Gasteiger partial charge < -0.3 is 0 Å². The lowest BCUT2D eigenvalue weighted by molar-refractivity contribution is 1.51. The predicted molar refractivity (Wildman–Crippen MR) is 78.9 cm³/mol. The Labute approximate surface area is 105 Å². The molecule has 0 amide bonds. The molecule has 0 bridgehead atoms. The molecule has 0 saturated carbocycles. The minimum Gasteiger partial charge on any atom is -0.103 e. The van der Waals surface area contributed by atoms with Crippen molar-refractivity contribution >= 4 is 18.5 Å². The molecule has 2 aromatic carbocycles. The average Bonchev–Trinajstić information content (AvgIpc) is 2.38. The van der Waals surface area contributed by atoms with E-state index in [1.165, 1.54) is 16.2 Å². The van der Waals surface area contributed by atoms with Crippen molar-refractivity contribution in [1.82, 2.24) is 0 Å². The smallest absolute Gasteiger partial charge is 0.00668 e. The number of rotatable bonds is 4. The highest BCUT2D eigenvalue weighted by molar-refractivity contribution is 7.73. The van der Waals surface area contributed by atoms with Crippen molar-refractivity contribution in [2.45, 2.75) is 6.92 Å². The summed E-state index contributed by atoms with van der Waals surface area (Å²) in [6.07, 6.45) is 3.08. The first-order chi connectivity index (χ1) is 8.33. The maximum absolute atomic E-state index is 3.90. The van der Waals surface area contributed by atoms with Gasteiger partial charge in [-0.1, -0.05) is 60.7 Å². The fraction of sp³-hybridized carbons (Fsp3) is 0.125. The third-order valence-corrected chi connectivity index (χ3v) is 5.41. The molecular weight excluding hydrogens is 223 g/mol. The van der Waals surface area contributed by atoms with Crippen LogP contribution in [0.15, 0.2) is 67.3 Å². The highest BCUT2D eigenvalue weighted by Crippen LogP contribution is 2.34. The standard InChI is InChI=1S/C16H17P/c1-3-13-17(15-10-5-4-6-11-15)16-12-8-7-9-14(16)2/h3-12H,1,13H2,2H3. The van der Waals surface area contributed by atoms with E-state index in [9.17, 15) is 0 Å². The Morgan fingerprint density at radius 2 is 1.65 bits per heavy atom. The van der Waals surface area contributed by atoms with Gasteiger partial charge in [-0.15, -0.1) is 6.58 Å². The summed E-state index contributed by atoms with van der Waals surface area (Å²) in [7, 11) is -0.290. The third-order valence-electron chi connectivity index (χ3n) is 2.79. The Kier molecular flexibility index (Phi) is 4.12. The fourth-order valence-electron chi connectivity index (χ4n) is 1.95. The van der Waals surface area contributed by atoms with Gasteiger partial charge in [0.05, 0.1) is 0 Å². The van der Waals surface area contributed by atoms with Crippen molar-refractivity contribution in [3.8, 4) is 0 Å². The Morgan fingerprint density at radius 1 is 1.00 bits per heavy atom. The van der Waals surface area contributed by atoms with Crippen molar-refractivity contribution in [3.63, 3.8) is 0 Å². The minimum absolute atomic E-state index is 0.290. The molecule has 1 atom stereocenters. The maximum Gasteiger partial charge on any atom is -0.00668 e. The zero-order chi connectivity index (χ0) is 12.1. The molecule has 0 radical (unpaired) electrons. The van der Waals surface area contributed by atoms with E-state index in [-0.39, 0.29) is 7.92 Å². The molecule has 0 N–H and O–H groups in total. The molecule has 0 saturated heterocycles. The lowest BCUT2D eigenvalue weighted by atomic mass is 10.2. The van der Waals surface area contributed by atoms with Crippen LogP contribution in [0.3, 0.4) is 0 Å². The Balaban J connectivity index is 2.43. The molecule has 0 heterocycles. The first-order valence-corrected chi connectivity index (χ1v) is 7.34. The monoisotopic (exact) mass is 240 g/mol. The molecule has 86 valence electrons. The van der Waals surface area contributed by atoms with E-state index in [0.29, 0.717) is 0 Å². The summed E-state index contributed by atoms with van der Waals surface area (Å²) < 4.78 is 0. The van der Waals surface area contributed by atoms with Crippen LogP contribution in [0.5, 0.6) is 0 Å². The number of hydrogen-bond acceptors (Lipinski definition) is 0. The molecule has 0 fully saturated rings. The van der Waals surface area contributed by atoms with Gasteiger partial charge in [0.1, 0.15) is 0 Å². The Morgan fingerprint density at radius 3 is 2.29 bits per heavy atom. The molecule has 17 heavy (non-hydrogen) atoms. The molecule has 0 spiro atoms. The zero-order valence-electron chi connectivity index (χ0n) is 10.1. The normalized spacial score (nSPS) is 12.1. The van der Waals surface area contributed by atoms with Gasteiger partial charge in [0.2, 0.25) is 0 Å². The Bertz CT molecular complexity index is 488. The van der Waals surface area contributed by atoms with Crippen molar-refractivity contribution in [2.24, 2.45) is 0 Å². The molecule has 0 aliphatic rings. The molecule has 2 aromatic rings. The topological polar surface area (TPSA) is 0 Å². The van der Waals surface area contributed by atoms with Gasteiger partial charge in [0.15, 0.2) is 0 Å². The third kappa shape index (κ3) is 2.84. The molecule has 1 unspecified atom stereocenters. The number of benzene rings is 2. The molecule has 0 aliphatic heterocycles. The van der Waals surface area contributed by atoms with Gasteiger partial charge in [0.25, 0.3) is 0 Å². The van der Waals surface area contributed by atoms with Crippen LogP contribution in [-0.4, -0.2) is 6.16 Å². The average molecular weight is 240 g/mol. The molecule has 2 rings (SSSR count). The van der Waals surface area contributed by atoms with Gasteiger partial charge in [0, 0.05) is 0 Å². The lowest BCUT2D eigenvalue weighted by Gasteiger charge is -2.18. The van der Waals surface area contributed by atoms with E-state index >= 15 is 0 Å². The first kappa shape index (κ1) is 12.1. The first-order valence-electron chi connectivity index (χ1n) is 5.82. The van der Waals surface area contributed by atoms with Crippen LogP contribution in [-0.2, 0) is 0 Å². The molecule has 0 aliphatic carbocycles. The van der Waals surface area contributed by atoms with Gasteiger partial charge >= 0.3 is 0 Å². The van der Waals surface area contributed by atoms with Gasteiger partial charge in [-0.2, -0.15) is 0 Å². The minimum atomic E-state index is -0.290. The van der Waals surface area contributed by atoms with Crippen LogP contribution in [0.2, 0.25) is 0 Å². The maximum atomic E-state index is 3.90. The van der Waals surface area contributed by atoms with E-state index in [0.717, 1.165) is 6.16 Å². The van der Waals surface area contributed by atoms with Crippen LogP contribution in [0.1, 0.15) is 5.56 Å². The van der Waals surface area contributed by atoms with Gasteiger partial charge in [-0.25, -0.2) is 0 Å². The number of hydrogen-bond donors (Lipinski definition) is 0. The SMILES string of the molecule is C=CCP(c1ccccc1)c1ccccc1C. The van der Waals surface area contributed by atoms with E-state index in [1.54, 1.807) is 0 Å². The molecule has 0 nitrogen and oxygen atoms in total. The Hall–Kier alpha value is -1.39. The fourth-order valence-corrected chi connectivity index (χ4v) is 4.19. The van der Waals surface area contributed by atoms with Crippen LogP contribution >= 0.6 is 7.92 Å². The summed E-state index contributed by atoms with van der Waals surface area (Å²) in [5.41, 5.74) is 1.38. The second-order valence-electron chi connectivity index (χ2n) is 4.02. The van der Waals surface area contributed by atoms with Crippen molar-refractivity contribution in [3.05, 3.63) is 72.8 Å². The number of allylic oxidation sites excluding steroid dienone is 1. The van der Waals surface area contributed by atoms with Crippen molar-refractivity contribution in [1.29, 1.82) is 0 Å². The van der Waals surface area contributed by atoms with E-state index in [2.05, 4.69) is 68.1 Å². The van der Waals surface area contributed by atoms with Crippen LogP contribution in [0, 0.1) is 6.92 Å². The summed E-state index contributed by atoms with van der Waals surface area (Å²) in [4.78, 5) is 0. The largest absolute Gasteiger partial charge is 0.103 e. The van der Waals surface area contributed by atoms with Crippen molar-refractivity contribution in [2.75, 3.05) is 6.16 Å². The number of aryl methyl sites for hydroxylation is 1. The zero-order valence-corrected chi connectivity index (χ0v) is 11.0. The summed E-state index contributed by atoms with van der Waals surface area (Å²) in [6.45, 7) is 6.09. The van der Waals surface area contributed by atoms with Crippen molar-refractivity contribution < 1.29 is 0 Å². The van der Waals surface area contributed by atoms with Crippen LogP contribution in [0.4, 0.5) is 0 Å². The van der Waals surface area contributed by atoms with Gasteiger partial charge in [-0.3, -0.25) is 0 Å². The molecular formula is C16H17P.